The third-order valence-electron chi connectivity index (χ3n) is 4.74. The van der Waals surface area contributed by atoms with Crippen molar-refractivity contribution in [3.05, 3.63) is 50.9 Å². The fourth-order valence-corrected chi connectivity index (χ4v) is 4.97. The normalized spacial score (nSPS) is 12.6. The van der Waals surface area contributed by atoms with Crippen LogP contribution in [0.2, 0.25) is 0 Å². The summed E-state index contributed by atoms with van der Waals surface area (Å²) in [5.74, 6) is 0.159. The highest BCUT2D eigenvalue weighted by molar-refractivity contribution is 7.89. The number of H-pyrrole nitrogens is 1. The number of methoxy groups -OCH3 is 1. The summed E-state index contributed by atoms with van der Waals surface area (Å²) >= 11 is 1.40. The zero-order valence-electron chi connectivity index (χ0n) is 17.5. The van der Waals surface area contributed by atoms with Crippen molar-refractivity contribution in [1.82, 2.24) is 14.7 Å². The van der Waals surface area contributed by atoms with Crippen LogP contribution in [0.4, 0.5) is 0 Å². The number of rotatable bonds is 8. The first-order valence-electron chi connectivity index (χ1n) is 9.45. The number of ether oxygens (including phenoxy) is 2. The molecule has 0 aliphatic carbocycles. The van der Waals surface area contributed by atoms with Gasteiger partial charge < -0.3 is 14.5 Å². The van der Waals surface area contributed by atoms with Crippen LogP contribution >= 0.6 is 11.3 Å². The average Bonchev–Trinajstić information content (AvgIpc) is 3.01. The molecule has 3 aromatic rings. The van der Waals surface area contributed by atoms with E-state index in [0.717, 1.165) is 10.4 Å². The second-order valence-electron chi connectivity index (χ2n) is 6.87. The summed E-state index contributed by atoms with van der Waals surface area (Å²) in [6.45, 7) is 5.24. The molecule has 2 N–H and O–H groups in total. The predicted molar refractivity (Wildman–Crippen MR) is 117 cm³/mol. The van der Waals surface area contributed by atoms with E-state index in [1.54, 1.807) is 6.92 Å². The molecule has 2 heterocycles. The van der Waals surface area contributed by atoms with Crippen LogP contribution in [0.3, 0.4) is 0 Å². The average molecular weight is 466 g/mol. The number of esters is 1. The highest BCUT2D eigenvalue weighted by Crippen LogP contribution is 2.27. The molecule has 3 rings (SSSR count). The number of hydrogen-bond acceptors (Lipinski definition) is 8. The lowest BCUT2D eigenvalue weighted by molar-refractivity contribution is -0.148. The largest absolute Gasteiger partial charge is 0.497 e. The highest BCUT2D eigenvalue weighted by Gasteiger charge is 2.19. The molecule has 0 saturated carbocycles. The van der Waals surface area contributed by atoms with Gasteiger partial charge in [-0.1, -0.05) is 0 Å². The van der Waals surface area contributed by atoms with Crippen LogP contribution in [0, 0.1) is 13.8 Å². The quantitative estimate of drug-likeness (QED) is 0.490. The summed E-state index contributed by atoms with van der Waals surface area (Å²) in [6.07, 6.45) is -0.964. The number of carbonyl (C=O) groups excluding carboxylic acids is 1. The van der Waals surface area contributed by atoms with Gasteiger partial charge in [0.25, 0.3) is 5.56 Å². The highest BCUT2D eigenvalue weighted by atomic mass is 32.2. The van der Waals surface area contributed by atoms with Gasteiger partial charge in [0.15, 0.2) is 11.9 Å². The number of fused-ring (bicyclic) bond motifs is 1. The van der Waals surface area contributed by atoms with Crippen molar-refractivity contribution in [3.63, 3.8) is 0 Å². The van der Waals surface area contributed by atoms with E-state index < -0.39 is 22.1 Å². The SMILES string of the molecule is COc1ccc(S(=O)(=O)NCCC(=O)OC(C)c2nc3sc(C)c(C)c3c(=O)[nH]2)cc1. The second-order valence-corrected chi connectivity index (χ2v) is 9.84. The van der Waals surface area contributed by atoms with Crippen LogP contribution in [0.25, 0.3) is 10.2 Å². The summed E-state index contributed by atoms with van der Waals surface area (Å²) in [5, 5.41) is 0.540. The third-order valence-corrected chi connectivity index (χ3v) is 7.32. The minimum absolute atomic E-state index is 0.0617. The van der Waals surface area contributed by atoms with Crippen LogP contribution in [-0.2, 0) is 19.6 Å². The number of aromatic amines is 1. The predicted octanol–water partition coefficient (Wildman–Crippen LogP) is 2.58. The minimum Gasteiger partial charge on any atom is -0.497 e. The maximum atomic E-state index is 12.4. The second kappa shape index (κ2) is 9.16. The Bertz CT molecular complexity index is 1260. The Labute approximate surface area is 183 Å². The number of hydrogen-bond donors (Lipinski definition) is 2. The fourth-order valence-electron chi connectivity index (χ4n) is 2.90. The van der Waals surface area contributed by atoms with Gasteiger partial charge in [0, 0.05) is 11.4 Å². The third kappa shape index (κ3) is 5.12. The van der Waals surface area contributed by atoms with Gasteiger partial charge in [-0.15, -0.1) is 11.3 Å². The molecule has 0 aliphatic heterocycles. The number of aromatic nitrogens is 2. The Morgan fingerprint density at radius 3 is 2.58 bits per heavy atom. The number of nitrogens with zero attached hydrogens (tertiary/aromatic N) is 1. The first-order chi connectivity index (χ1) is 14.6. The molecule has 2 aromatic heterocycles. The van der Waals surface area contributed by atoms with Crippen molar-refractivity contribution < 1.29 is 22.7 Å². The van der Waals surface area contributed by atoms with Gasteiger partial charge in [-0.2, -0.15) is 0 Å². The van der Waals surface area contributed by atoms with Crippen molar-refractivity contribution in [2.45, 2.75) is 38.2 Å². The molecule has 0 amide bonds. The van der Waals surface area contributed by atoms with Gasteiger partial charge in [0.05, 0.1) is 23.8 Å². The first kappa shape index (κ1) is 22.9. The van der Waals surface area contributed by atoms with Crippen molar-refractivity contribution >= 4 is 37.5 Å². The number of thiophene rings is 1. The summed E-state index contributed by atoms with van der Waals surface area (Å²) in [4.78, 5) is 33.2. The first-order valence-corrected chi connectivity index (χ1v) is 11.8. The summed E-state index contributed by atoms with van der Waals surface area (Å²) in [7, 11) is -2.28. The molecule has 1 aromatic carbocycles. The molecule has 1 unspecified atom stereocenters. The van der Waals surface area contributed by atoms with Crippen LogP contribution < -0.4 is 15.0 Å². The number of aryl methyl sites for hydroxylation is 2. The summed E-state index contributed by atoms with van der Waals surface area (Å²) in [6, 6.07) is 5.89. The Morgan fingerprint density at radius 2 is 1.94 bits per heavy atom. The fraction of sp³-hybridized carbons (Fsp3) is 0.350. The molecular formula is C20H23N3O6S2. The van der Waals surface area contributed by atoms with Crippen molar-refractivity contribution in [2.24, 2.45) is 0 Å². The van der Waals surface area contributed by atoms with Gasteiger partial charge in [0.2, 0.25) is 10.0 Å². The zero-order chi connectivity index (χ0) is 22.8. The monoisotopic (exact) mass is 465 g/mol. The summed E-state index contributed by atoms with van der Waals surface area (Å²) < 4.78 is 37.3. The molecule has 11 heteroatoms. The maximum Gasteiger partial charge on any atom is 0.307 e. The topological polar surface area (TPSA) is 127 Å². The molecule has 1 atom stereocenters. The van der Waals surface area contributed by atoms with E-state index in [0.29, 0.717) is 16.0 Å². The number of carbonyl (C=O) groups is 1. The molecule has 0 aliphatic rings. The molecule has 0 radical (unpaired) electrons. The lowest BCUT2D eigenvalue weighted by Crippen LogP contribution is -2.27. The van der Waals surface area contributed by atoms with E-state index in [1.807, 2.05) is 13.8 Å². The molecule has 9 nitrogen and oxygen atoms in total. The number of sulfonamides is 1. The minimum atomic E-state index is -3.77. The Hall–Kier alpha value is -2.76. The van der Waals surface area contributed by atoms with Crippen LogP contribution in [0.1, 0.15) is 35.7 Å². The van der Waals surface area contributed by atoms with Gasteiger partial charge in [-0.3, -0.25) is 9.59 Å². The molecular weight excluding hydrogens is 442 g/mol. The maximum absolute atomic E-state index is 12.4. The van der Waals surface area contributed by atoms with E-state index in [-0.39, 0.29) is 29.2 Å². The van der Waals surface area contributed by atoms with Crippen molar-refractivity contribution in [2.75, 3.05) is 13.7 Å². The van der Waals surface area contributed by atoms with E-state index in [9.17, 15) is 18.0 Å². The summed E-state index contributed by atoms with van der Waals surface area (Å²) in [5.41, 5.74) is 0.603. The Morgan fingerprint density at radius 1 is 1.26 bits per heavy atom. The lowest BCUT2D eigenvalue weighted by Gasteiger charge is -2.13. The molecule has 0 saturated heterocycles. The van der Waals surface area contributed by atoms with Crippen LogP contribution in [0.5, 0.6) is 5.75 Å². The number of nitrogens with one attached hydrogen (secondary N) is 2. The molecule has 0 bridgehead atoms. The lowest BCUT2D eigenvalue weighted by atomic mass is 10.2. The van der Waals surface area contributed by atoms with Crippen LogP contribution in [0.15, 0.2) is 34.0 Å². The molecule has 0 spiro atoms. The van der Waals surface area contributed by atoms with E-state index in [2.05, 4.69) is 14.7 Å². The van der Waals surface area contributed by atoms with Gasteiger partial charge >= 0.3 is 5.97 Å². The van der Waals surface area contributed by atoms with Gasteiger partial charge in [-0.05, 0) is 50.6 Å². The van der Waals surface area contributed by atoms with E-state index >= 15 is 0 Å². The molecule has 0 fully saturated rings. The molecule has 31 heavy (non-hydrogen) atoms. The smallest absolute Gasteiger partial charge is 0.307 e. The van der Waals surface area contributed by atoms with Crippen molar-refractivity contribution in [3.8, 4) is 5.75 Å². The Kier molecular flexibility index (Phi) is 6.77. The van der Waals surface area contributed by atoms with Gasteiger partial charge in [0.1, 0.15) is 10.6 Å². The zero-order valence-corrected chi connectivity index (χ0v) is 19.1. The Balaban J connectivity index is 1.59. The van der Waals surface area contributed by atoms with E-state index in [4.69, 9.17) is 9.47 Å². The number of benzene rings is 1. The standard InChI is InChI=1S/C20H23N3O6S2/c1-11-13(3)30-20-17(11)19(25)22-18(23-20)12(2)29-16(24)9-10-21-31(26,27)15-7-5-14(28-4)6-8-15/h5-8,12,21H,9-10H2,1-4H3,(H,22,23,25). The van der Waals surface area contributed by atoms with Crippen molar-refractivity contribution in [1.29, 1.82) is 0 Å². The van der Waals surface area contributed by atoms with E-state index in [1.165, 1.54) is 42.7 Å². The van der Waals surface area contributed by atoms with Crippen LogP contribution in [-0.4, -0.2) is 38.0 Å². The van der Waals surface area contributed by atoms with Gasteiger partial charge in [-0.25, -0.2) is 18.1 Å². The molecule has 166 valence electrons.